The molecule has 0 saturated carbocycles. The summed E-state index contributed by atoms with van der Waals surface area (Å²) in [5, 5.41) is 4.25. The van der Waals surface area contributed by atoms with Crippen LogP contribution in [0.3, 0.4) is 0 Å². The third kappa shape index (κ3) is 3.80. The van der Waals surface area contributed by atoms with Crippen LogP contribution in [0.25, 0.3) is 22.2 Å². The highest BCUT2D eigenvalue weighted by Gasteiger charge is 2.17. The van der Waals surface area contributed by atoms with Crippen LogP contribution in [0.1, 0.15) is 10.4 Å². The van der Waals surface area contributed by atoms with Gasteiger partial charge in [-0.2, -0.15) is 0 Å². The van der Waals surface area contributed by atoms with Crippen molar-refractivity contribution in [2.24, 2.45) is 0 Å². The fraction of sp³-hybridized carbons (Fsp3) is 0.0833. The number of hydrogen-bond acceptors (Lipinski definition) is 4. The third-order valence-electron chi connectivity index (χ3n) is 4.77. The molecule has 6 heteroatoms. The molecule has 1 amide bonds. The van der Waals surface area contributed by atoms with Gasteiger partial charge < -0.3 is 14.8 Å². The maximum absolute atomic E-state index is 13.3. The molecular formula is C24H19ClN2O3. The smallest absolute Gasteiger partial charge is 0.256 e. The number of rotatable bonds is 5. The largest absolute Gasteiger partial charge is 0.497 e. The number of benzene rings is 3. The van der Waals surface area contributed by atoms with Crippen molar-refractivity contribution in [2.75, 3.05) is 19.5 Å². The highest BCUT2D eigenvalue weighted by Crippen LogP contribution is 2.32. The molecule has 150 valence electrons. The van der Waals surface area contributed by atoms with E-state index in [4.69, 9.17) is 26.1 Å². The number of carbonyl (C=O) groups excluding carboxylic acids is 1. The summed E-state index contributed by atoms with van der Waals surface area (Å²) < 4.78 is 10.6. The second kappa shape index (κ2) is 8.43. The summed E-state index contributed by atoms with van der Waals surface area (Å²) in [6, 6.07) is 21.9. The highest BCUT2D eigenvalue weighted by molar-refractivity contribution is 6.33. The maximum atomic E-state index is 13.3. The fourth-order valence-corrected chi connectivity index (χ4v) is 3.50. The lowest BCUT2D eigenvalue weighted by Gasteiger charge is -2.14. The Morgan fingerprint density at radius 2 is 1.70 bits per heavy atom. The minimum Gasteiger partial charge on any atom is -0.497 e. The van der Waals surface area contributed by atoms with E-state index in [2.05, 4.69) is 5.32 Å². The van der Waals surface area contributed by atoms with Gasteiger partial charge in [0.2, 0.25) is 0 Å². The zero-order chi connectivity index (χ0) is 21.1. The normalized spacial score (nSPS) is 10.6. The van der Waals surface area contributed by atoms with Crippen LogP contribution in [0.15, 0.2) is 72.8 Å². The first-order valence-electron chi connectivity index (χ1n) is 9.29. The van der Waals surface area contributed by atoms with E-state index < -0.39 is 0 Å². The van der Waals surface area contributed by atoms with Crippen LogP contribution in [0, 0.1) is 0 Å². The molecule has 0 aliphatic heterocycles. The molecule has 30 heavy (non-hydrogen) atoms. The maximum Gasteiger partial charge on any atom is 0.256 e. The number of anilines is 1. The van der Waals surface area contributed by atoms with E-state index >= 15 is 0 Å². The number of methoxy groups -OCH3 is 2. The zero-order valence-corrected chi connectivity index (χ0v) is 17.2. The van der Waals surface area contributed by atoms with Crippen molar-refractivity contribution in [3.8, 4) is 22.8 Å². The molecule has 3 aromatic carbocycles. The Bertz CT molecular complexity index is 1240. The molecule has 0 aliphatic carbocycles. The minimum atomic E-state index is -0.284. The molecule has 4 rings (SSSR count). The Morgan fingerprint density at radius 1 is 0.933 bits per heavy atom. The van der Waals surface area contributed by atoms with Crippen molar-refractivity contribution in [1.29, 1.82) is 0 Å². The molecule has 5 nitrogen and oxygen atoms in total. The van der Waals surface area contributed by atoms with Crippen LogP contribution >= 0.6 is 11.6 Å². The summed E-state index contributed by atoms with van der Waals surface area (Å²) >= 11 is 6.37. The number of pyridine rings is 1. The van der Waals surface area contributed by atoms with Crippen LogP contribution in [-0.2, 0) is 0 Å². The number of nitrogens with one attached hydrogen (secondary N) is 1. The first-order valence-corrected chi connectivity index (χ1v) is 9.66. The molecule has 0 aliphatic rings. The number of ether oxygens (including phenoxy) is 2. The zero-order valence-electron chi connectivity index (χ0n) is 16.5. The molecule has 1 N–H and O–H groups in total. The van der Waals surface area contributed by atoms with Gasteiger partial charge in [0.15, 0.2) is 0 Å². The van der Waals surface area contributed by atoms with Crippen molar-refractivity contribution in [1.82, 2.24) is 4.98 Å². The van der Waals surface area contributed by atoms with E-state index in [9.17, 15) is 4.79 Å². The highest BCUT2D eigenvalue weighted by atomic mass is 35.5. The third-order valence-corrected chi connectivity index (χ3v) is 5.10. The summed E-state index contributed by atoms with van der Waals surface area (Å²) in [7, 11) is 3.12. The molecule has 0 bridgehead atoms. The number of nitrogens with zero attached hydrogens (tertiary/aromatic N) is 1. The molecule has 0 radical (unpaired) electrons. The molecular weight excluding hydrogens is 400 g/mol. The second-order valence-electron chi connectivity index (χ2n) is 6.57. The van der Waals surface area contributed by atoms with E-state index in [0.29, 0.717) is 39.0 Å². The summed E-state index contributed by atoms with van der Waals surface area (Å²) in [4.78, 5) is 18.0. The van der Waals surface area contributed by atoms with Gasteiger partial charge in [-0.25, -0.2) is 4.98 Å². The quantitative estimate of drug-likeness (QED) is 0.443. The number of halogens is 1. The van der Waals surface area contributed by atoms with Gasteiger partial charge in [-0.05, 0) is 30.3 Å². The van der Waals surface area contributed by atoms with Gasteiger partial charge in [0.1, 0.15) is 11.5 Å². The lowest BCUT2D eigenvalue weighted by molar-refractivity contribution is 0.102. The second-order valence-corrected chi connectivity index (χ2v) is 6.98. The Morgan fingerprint density at radius 3 is 2.47 bits per heavy atom. The number of aromatic nitrogens is 1. The summed E-state index contributed by atoms with van der Waals surface area (Å²) in [5.41, 5.74) is 3.10. The SMILES string of the molecule is COc1ccc(OC)c(NC(=O)c2cc(-c3ccccc3Cl)nc3ccccc23)c1. The van der Waals surface area contributed by atoms with Crippen molar-refractivity contribution in [3.63, 3.8) is 0 Å². The Hall–Kier alpha value is -3.57. The molecule has 1 aromatic heterocycles. The number of hydrogen-bond donors (Lipinski definition) is 1. The predicted octanol–water partition coefficient (Wildman–Crippen LogP) is 5.82. The van der Waals surface area contributed by atoms with E-state index in [1.54, 1.807) is 44.6 Å². The van der Waals surface area contributed by atoms with E-state index in [1.165, 1.54) is 0 Å². The molecule has 1 heterocycles. The van der Waals surface area contributed by atoms with Gasteiger partial charge in [-0.1, -0.05) is 48.0 Å². The number of amides is 1. The Kier molecular flexibility index (Phi) is 5.55. The molecule has 0 spiro atoms. The molecule has 0 atom stereocenters. The van der Waals surface area contributed by atoms with Crippen LogP contribution in [0.5, 0.6) is 11.5 Å². The summed E-state index contributed by atoms with van der Waals surface area (Å²) in [5.74, 6) is 0.865. The van der Waals surface area contributed by atoms with Gasteiger partial charge in [0.05, 0.1) is 36.7 Å². The number of carbonyl (C=O) groups is 1. The van der Waals surface area contributed by atoms with Gasteiger partial charge in [0, 0.05) is 22.0 Å². The lowest BCUT2D eigenvalue weighted by Crippen LogP contribution is -2.14. The molecule has 0 unspecified atom stereocenters. The van der Waals surface area contributed by atoms with Crippen molar-refractivity contribution >= 4 is 34.1 Å². The summed E-state index contributed by atoms with van der Waals surface area (Å²) in [6.07, 6.45) is 0. The van der Waals surface area contributed by atoms with Crippen molar-refractivity contribution in [3.05, 3.63) is 83.4 Å². The number of para-hydroxylation sites is 1. The van der Waals surface area contributed by atoms with Crippen molar-refractivity contribution < 1.29 is 14.3 Å². The van der Waals surface area contributed by atoms with Crippen molar-refractivity contribution in [2.45, 2.75) is 0 Å². The number of fused-ring (bicyclic) bond motifs is 1. The van der Waals surface area contributed by atoms with E-state index in [-0.39, 0.29) is 5.91 Å². The van der Waals surface area contributed by atoms with E-state index in [0.717, 1.165) is 10.9 Å². The fourth-order valence-electron chi connectivity index (χ4n) is 3.27. The average Bonchev–Trinajstić information content (AvgIpc) is 2.78. The van der Waals surface area contributed by atoms with Crippen LogP contribution in [-0.4, -0.2) is 25.1 Å². The minimum absolute atomic E-state index is 0.284. The first kappa shape index (κ1) is 19.7. The van der Waals surface area contributed by atoms with Gasteiger partial charge in [0.25, 0.3) is 5.91 Å². The molecule has 0 fully saturated rings. The first-order chi connectivity index (χ1) is 14.6. The van der Waals surface area contributed by atoms with E-state index in [1.807, 2.05) is 42.5 Å². The van der Waals surface area contributed by atoms with Gasteiger partial charge >= 0.3 is 0 Å². The van der Waals surface area contributed by atoms with Gasteiger partial charge in [-0.15, -0.1) is 0 Å². The molecule has 0 saturated heterocycles. The average molecular weight is 419 g/mol. The van der Waals surface area contributed by atoms with Crippen LogP contribution in [0.4, 0.5) is 5.69 Å². The Balaban J connectivity index is 1.82. The monoisotopic (exact) mass is 418 g/mol. The predicted molar refractivity (Wildman–Crippen MR) is 120 cm³/mol. The van der Waals surface area contributed by atoms with Gasteiger partial charge in [-0.3, -0.25) is 4.79 Å². The topological polar surface area (TPSA) is 60.5 Å². The molecule has 4 aromatic rings. The lowest BCUT2D eigenvalue weighted by atomic mass is 10.0. The van der Waals surface area contributed by atoms with Crippen LogP contribution in [0.2, 0.25) is 5.02 Å². The van der Waals surface area contributed by atoms with Crippen LogP contribution < -0.4 is 14.8 Å². The summed E-state index contributed by atoms with van der Waals surface area (Å²) in [6.45, 7) is 0. The standard InChI is InChI=1S/C24H19ClN2O3/c1-29-15-11-12-23(30-2)22(13-15)27-24(28)18-14-21(17-8-3-5-9-19(17)25)26-20-10-6-4-7-16(18)20/h3-14H,1-2H3,(H,27,28). The Labute approximate surface area is 179 Å².